The third kappa shape index (κ3) is 1.85. The fourth-order valence-electron chi connectivity index (χ4n) is 1.78. The van der Waals surface area contributed by atoms with Crippen LogP contribution in [0.2, 0.25) is 0 Å². The average Bonchev–Trinajstić information content (AvgIpc) is 2.87. The third-order valence-electron chi connectivity index (χ3n) is 2.71. The van der Waals surface area contributed by atoms with Crippen molar-refractivity contribution in [1.29, 1.82) is 0 Å². The molecule has 0 aliphatic carbocycles. The zero-order chi connectivity index (χ0) is 11.8. The lowest BCUT2D eigenvalue weighted by molar-refractivity contribution is 0.285. The number of hydrogen-bond donors (Lipinski definition) is 1. The van der Waals surface area contributed by atoms with Crippen LogP contribution in [0.4, 0.5) is 0 Å². The van der Waals surface area contributed by atoms with Crippen molar-refractivity contribution in [3.63, 3.8) is 0 Å². The highest BCUT2D eigenvalue weighted by Crippen LogP contribution is 2.24. The van der Waals surface area contributed by atoms with Crippen LogP contribution in [-0.2, 0) is 6.61 Å². The number of nitrogens with zero attached hydrogens (tertiary/aromatic N) is 2. The van der Waals surface area contributed by atoms with E-state index in [1.807, 2.05) is 16.8 Å². The molecule has 1 N–H and O–H groups in total. The van der Waals surface area contributed by atoms with Gasteiger partial charge in [0.1, 0.15) is 0 Å². The largest absolute Gasteiger partial charge is 0.391 e. The van der Waals surface area contributed by atoms with Gasteiger partial charge in [0.2, 0.25) is 0 Å². The molecule has 1 aromatic carbocycles. The van der Waals surface area contributed by atoms with Gasteiger partial charge < -0.3 is 5.11 Å². The predicted octanol–water partition coefficient (Wildman–Crippen LogP) is 2.86. The van der Waals surface area contributed by atoms with Gasteiger partial charge in [-0.1, -0.05) is 41.2 Å². The number of aliphatic hydroxyl groups is 1. The zero-order valence-electron chi connectivity index (χ0n) is 9.42. The van der Waals surface area contributed by atoms with E-state index in [1.165, 1.54) is 16.9 Å². The Bertz CT molecular complexity index is 620. The van der Waals surface area contributed by atoms with Gasteiger partial charge in [-0.3, -0.25) is 4.40 Å². The first-order valence-electron chi connectivity index (χ1n) is 5.41. The second kappa shape index (κ2) is 3.98. The van der Waals surface area contributed by atoms with E-state index >= 15 is 0 Å². The predicted molar refractivity (Wildman–Crippen MR) is 69.2 cm³/mol. The second-order valence-corrected chi connectivity index (χ2v) is 5.13. The Balaban J connectivity index is 2.06. The number of aliphatic hydroxyl groups excluding tert-OH is 1. The molecule has 86 valence electrons. The lowest BCUT2D eigenvalue weighted by Gasteiger charge is -1.96. The maximum absolute atomic E-state index is 9.04. The maximum atomic E-state index is 9.04. The SMILES string of the molecule is Cc1ccc(-c2cn3cc(CO)sc3n2)cc1. The first kappa shape index (κ1) is 10.5. The minimum atomic E-state index is 0.0773. The molecule has 0 aliphatic heterocycles. The number of imidazole rings is 1. The first-order chi connectivity index (χ1) is 8.26. The van der Waals surface area contributed by atoms with Gasteiger partial charge in [-0.25, -0.2) is 4.98 Å². The van der Waals surface area contributed by atoms with Crippen LogP contribution in [0, 0.1) is 6.92 Å². The summed E-state index contributed by atoms with van der Waals surface area (Å²) in [4.78, 5) is 6.41. The molecule has 0 atom stereocenters. The number of fused-ring (bicyclic) bond motifs is 1. The molecular formula is C13H12N2OS. The molecule has 0 spiro atoms. The highest BCUT2D eigenvalue weighted by Gasteiger charge is 2.07. The molecule has 0 saturated carbocycles. The van der Waals surface area contributed by atoms with E-state index in [0.29, 0.717) is 0 Å². The monoisotopic (exact) mass is 244 g/mol. The smallest absolute Gasteiger partial charge is 0.194 e. The lowest BCUT2D eigenvalue weighted by Crippen LogP contribution is -1.78. The number of thiazole rings is 1. The van der Waals surface area contributed by atoms with Crippen molar-refractivity contribution in [3.05, 3.63) is 47.1 Å². The summed E-state index contributed by atoms with van der Waals surface area (Å²) in [6, 6.07) is 8.33. The van der Waals surface area contributed by atoms with Crippen molar-refractivity contribution in [1.82, 2.24) is 9.38 Å². The van der Waals surface area contributed by atoms with Crippen LogP contribution in [0.15, 0.2) is 36.7 Å². The second-order valence-electron chi connectivity index (χ2n) is 4.04. The standard InChI is InChI=1S/C13H12N2OS/c1-9-2-4-10(5-3-9)12-7-15-6-11(8-16)17-13(15)14-12/h2-7,16H,8H2,1H3. The van der Waals surface area contributed by atoms with E-state index in [0.717, 1.165) is 21.1 Å². The van der Waals surface area contributed by atoms with Gasteiger partial charge in [0, 0.05) is 18.0 Å². The summed E-state index contributed by atoms with van der Waals surface area (Å²) in [5.41, 5.74) is 3.34. The van der Waals surface area contributed by atoms with Crippen molar-refractivity contribution in [2.45, 2.75) is 13.5 Å². The van der Waals surface area contributed by atoms with Crippen LogP contribution >= 0.6 is 11.3 Å². The Hall–Kier alpha value is -1.65. The molecule has 0 amide bonds. The Labute approximate surface area is 103 Å². The van der Waals surface area contributed by atoms with Crippen molar-refractivity contribution >= 4 is 16.3 Å². The van der Waals surface area contributed by atoms with Gasteiger partial charge in [-0.2, -0.15) is 0 Å². The minimum absolute atomic E-state index is 0.0773. The van der Waals surface area contributed by atoms with Crippen LogP contribution in [0.5, 0.6) is 0 Å². The van der Waals surface area contributed by atoms with Gasteiger partial charge in [0.05, 0.1) is 17.2 Å². The van der Waals surface area contributed by atoms with Crippen LogP contribution < -0.4 is 0 Å². The van der Waals surface area contributed by atoms with Crippen LogP contribution in [0.1, 0.15) is 10.4 Å². The summed E-state index contributed by atoms with van der Waals surface area (Å²) >= 11 is 1.52. The normalized spacial score (nSPS) is 11.2. The molecule has 0 radical (unpaired) electrons. The van der Waals surface area contributed by atoms with Crippen molar-refractivity contribution in [3.8, 4) is 11.3 Å². The lowest BCUT2D eigenvalue weighted by atomic mass is 10.1. The molecule has 0 aliphatic rings. The van der Waals surface area contributed by atoms with Crippen molar-refractivity contribution in [2.24, 2.45) is 0 Å². The van der Waals surface area contributed by atoms with Crippen LogP contribution in [0.3, 0.4) is 0 Å². The highest BCUT2D eigenvalue weighted by atomic mass is 32.1. The van der Waals surface area contributed by atoms with E-state index in [-0.39, 0.29) is 6.61 Å². The Kier molecular flexibility index (Phi) is 2.46. The average molecular weight is 244 g/mol. The first-order valence-corrected chi connectivity index (χ1v) is 6.23. The number of benzene rings is 1. The summed E-state index contributed by atoms with van der Waals surface area (Å²) < 4.78 is 1.96. The summed E-state index contributed by atoms with van der Waals surface area (Å²) in [5.74, 6) is 0. The van der Waals surface area contributed by atoms with Gasteiger partial charge in [0.25, 0.3) is 0 Å². The Morgan fingerprint density at radius 2 is 2.00 bits per heavy atom. The molecule has 3 rings (SSSR count). The molecule has 0 bridgehead atoms. The highest BCUT2D eigenvalue weighted by molar-refractivity contribution is 7.17. The van der Waals surface area contributed by atoms with E-state index in [4.69, 9.17) is 5.11 Å². The van der Waals surface area contributed by atoms with Crippen LogP contribution in [-0.4, -0.2) is 14.5 Å². The van der Waals surface area contributed by atoms with Crippen LogP contribution in [0.25, 0.3) is 16.2 Å². The van der Waals surface area contributed by atoms with Crippen molar-refractivity contribution < 1.29 is 5.11 Å². The number of aromatic nitrogens is 2. The topological polar surface area (TPSA) is 37.5 Å². The maximum Gasteiger partial charge on any atom is 0.194 e. The van der Waals surface area contributed by atoms with Gasteiger partial charge in [-0.15, -0.1) is 0 Å². The molecule has 0 unspecified atom stereocenters. The molecule has 2 aromatic heterocycles. The molecule has 3 aromatic rings. The van der Waals surface area contributed by atoms with Crippen molar-refractivity contribution in [2.75, 3.05) is 0 Å². The fourth-order valence-corrected chi connectivity index (χ4v) is 2.60. The summed E-state index contributed by atoms with van der Waals surface area (Å²) in [5, 5.41) is 9.04. The van der Waals surface area contributed by atoms with E-state index in [9.17, 15) is 0 Å². The number of hydrogen-bond acceptors (Lipinski definition) is 3. The molecule has 4 heteroatoms. The fraction of sp³-hybridized carbons (Fsp3) is 0.154. The summed E-state index contributed by atoms with van der Waals surface area (Å²) in [6.07, 6.45) is 3.92. The summed E-state index contributed by atoms with van der Waals surface area (Å²) in [7, 11) is 0. The molecule has 0 saturated heterocycles. The van der Waals surface area contributed by atoms with Gasteiger partial charge >= 0.3 is 0 Å². The molecule has 0 fully saturated rings. The van der Waals surface area contributed by atoms with Gasteiger partial charge in [-0.05, 0) is 6.92 Å². The Morgan fingerprint density at radius 3 is 2.65 bits per heavy atom. The van der Waals surface area contributed by atoms with E-state index in [2.05, 4.69) is 36.2 Å². The zero-order valence-corrected chi connectivity index (χ0v) is 10.2. The Morgan fingerprint density at radius 1 is 1.24 bits per heavy atom. The quantitative estimate of drug-likeness (QED) is 0.752. The summed E-state index contributed by atoms with van der Waals surface area (Å²) in [6.45, 7) is 2.15. The number of aryl methyl sites for hydroxylation is 1. The molecule has 3 nitrogen and oxygen atoms in total. The molecule has 17 heavy (non-hydrogen) atoms. The van der Waals surface area contributed by atoms with Gasteiger partial charge in [0.15, 0.2) is 4.96 Å². The molecular weight excluding hydrogens is 232 g/mol. The van der Waals surface area contributed by atoms with E-state index in [1.54, 1.807) is 0 Å². The third-order valence-corrected chi connectivity index (χ3v) is 3.69. The van der Waals surface area contributed by atoms with E-state index < -0.39 is 0 Å². The molecule has 2 heterocycles. The number of rotatable bonds is 2. The minimum Gasteiger partial charge on any atom is -0.391 e.